The molecule has 0 bridgehead atoms. The summed E-state index contributed by atoms with van der Waals surface area (Å²) in [4.78, 5) is 34.1. The lowest BCUT2D eigenvalue weighted by molar-refractivity contribution is -0.130. The second-order valence-electron chi connectivity index (χ2n) is 9.19. The number of hydrogen-bond acceptors (Lipinski definition) is 8. The van der Waals surface area contributed by atoms with Crippen LogP contribution in [-0.2, 0) is 11.3 Å². The van der Waals surface area contributed by atoms with Crippen LogP contribution in [0.25, 0.3) is 10.6 Å². The molecule has 0 saturated carbocycles. The summed E-state index contributed by atoms with van der Waals surface area (Å²) in [5.74, 6) is 0.0575. The third-order valence-corrected chi connectivity index (χ3v) is 8.01. The van der Waals surface area contributed by atoms with Crippen LogP contribution >= 0.6 is 11.3 Å². The normalized spacial score (nSPS) is 14.9. The van der Waals surface area contributed by atoms with Gasteiger partial charge in [-0.1, -0.05) is 48.5 Å². The van der Waals surface area contributed by atoms with Crippen molar-refractivity contribution in [1.82, 2.24) is 9.88 Å². The van der Waals surface area contributed by atoms with Gasteiger partial charge in [-0.05, 0) is 42.3 Å². The van der Waals surface area contributed by atoms with Gasteiger partial charge in [-0.25, -0.2) is 4.98 Å². The Morgan fingerprint density at radius 3 is 2.30 bits per heavy atom. The summed E-state index contributed by atoms with van der Waals surface area (Å²) >= 11 is 1.24. The molecule has 0 radical (unpaired) electrons. The molecule has 9 heteroatoms. The van der Waals surface area contributed by atoms with E-state index in [4.69, 9.17) is 14.2 Å². The first-order valence-electron chi connectivity index (χ1n) is 12.5. The molecule has 1 N–H and O–H groups in total. The lowest BCUT2D eigenvalue weighted by Gasteiger charge is -2.27. The zero-order valence-electron chi connectivity index (χ0n) is 22.5. The van der Waals surface area contributed by atoms with Crippen molar-refractivity contribution in [2.24, 2.45) is 0 Å². The molecule has 1 atom stereocenters. The molecule has 1 aromatic heterocycles. The Kier molecular flexibility index (Phi) is 7.57. The van der Waals surface area contributed by atoms with Crippen molar-refractivity contribution < 1.29 is 28.9 Å². The monoisotopic (exact) mass is 556 g/mol. The molecule has 40 heavy (non-hydrogen) atoms. The molecule has 8 nitrogen and oxygen atoms in total. The molecule has 3 aromatic carbocycles. The Balaban J connectivity index is 1.57. The van der Waals surface area contributed by atoms with E-state index in [1.54, 1.807) is 57.5 Å². The molecular weight excluding hydrogens is 528 g/mol. The third kappa shape index (κ3) is 4.91. The number of Topliss-reactive ketones (excluding diaryl/α,β-unsaturated/α-hetero) is 1. The van der Waals surface area contributed by atoms with Crippen LogP contribution in [0, 0.1) is 6.92 Å². The SMILES string of the molecule is COc1ccc(C2C(C(=O)c3sc(-c4ccccc4)nc3C)=C(O)C(=O)N2Cc2ccc(OC)c(OC)c2)cc1. The summed E-state index contributed by atoms with van der Waals surface area (Å²) in [7, 11) is 4.65. The first kappa shape index (κ1) is 27.0. The second kappa shape index (κ2) is 11.2. The van der Waals surface area contributed by atoms with E-state index in [2.05, 4.69) is 4.98 Å². The van der Waals surface area contributed by atoms with Gasteiger partial charge in [0, 0.05) is 12.1 Å². The van der Waals surface area contributed by atoms with Crippen LogP contribution in [0.3, 0.4) is 0 Å². The van der Waals surface area contributed by atoms with Gasteiger partial charge >= 0.3 is 0 Å². The largest absolute Gasteiger partial charge is 0.503 e. The summed E-state index contributed by atoms with van der Waals surface area (Å²) in [6, 6.07) is 21.2. The fourth-order valence-corrected chi connectivity index (χ4v) is 5.82. The van der Waals surface area contributed by atoms with Gasteiger partial charge < -0.3 is 24.2 Å². The number of aromatic nitrogens is 1. The Bertz CT molecular complexity index is 1590. The van der Waals surface area contributed by atoms with E-state index in [-0.39, 0.29) is 12.1 Å². The van der Waals surface area contributed by atoms with E-state index in [0.29, 0.717) is 38.4 Å². The van der Waals surface area contributed by atoms with Crippen molar-refractivity contribution in [3.8, 4) is 27.8 Å². The standard InChI is InChI=1S/C31H28N2O6S/c1-18-29(40-30(32-18)21-8-6-5-7-9-21)27(34)25-26(20-11-13-22(37-2)14-12-20)33(31(36)28(25)35)17-19-10-15-23(38-3)24(16-19)39-4/h5-16,26,35H,17H2,1-4H3. The van der Waals surface area contributed by atoms with Gasteiger partial charge in [0.1, 0.15) is 10.8 Å². The Labute approximate surface area is 236 Å². The number of hydrogen-bond donors (Lipinski definition) is 1. The smallest absolute Gasteiger partial charge is 0.290 e. The molecule has 4 aromatic rings. The summed E-state index contributed by atoms with van der Waals surface area (Å²) in [6.07, 6.45) is 0. The van der Waals surface area contributed by atoms with Crippen LogP contribution in [0.15, 0.2) is 84.1 Å². The number of aryl methyl sites for hydroxylation is 1. The number of ether oxygens (including phenoxy) is 3. The number of rotatable bonds is 9. The number of carbonyl (C=O) groups excluding carboxylic acids is 2. The van der Waals surface area contributed by atoms with Gasteiger partial charge in [-0.2, -0.15) is 0 Å². The maximum atomic E-state index is 14.1. The van der Waals surface area contributed by atoms with E-state index in [9.17, 15) is 14.7 Å². The van der Waals surface area contributed by atoms with Gasteiger partial charge in [0.25, 0.3) is 5.91 Å². The average Bonchev–Trinajstić information content (AvgIpc) is 3.50. The van der Waals surface area contributed by atoms with Crippen molar-refractivity contribution in [3.05, 3.63) is 106 Å². The summed E-state index contributed by atoms with van der Waals surface area (Å²) in [5.41, 5.74) is 2.84. The highest BCUT2D eigenvalue weighted by molar-refractivity contribution is 7.17. The Hall–Kier alpha value is -4.63. The van der Waals surface area contributed by atoms with Crippen LogP contribution in [0.5, 0.6) is 17.2 Å². The van der Waals surface area contributed by atoms with Gasteiger partial charge in [0.05, 0.1) is 43.5 Å². The molecule has 0 spiro atoms. The summed E-state index contributed by atoms with van der Waals surface area (Å²) < 4.78 is 16.1. The number of methoxy groups -OCH3 is 3. The Morgan fingerprint density at radius 1 is 0.950 bits per heavy atom. The molecule has 0 aliphatic carbocycles. The molecule has 1 amide bonds. The van der Waals surface area contributed by atoms with E-state index < -0.39 is 23.5 Å². The minimum atomic E-state index is -0.833. The van der Waals surface area contributed by atoms with E-state index in [0.717, 1.165) is 11.1 Å². The number of amides is 1. The van der Waals surface area contributed by atoms with Gasteiger partial charge in [0.2, 0.25) is 5.78 Å². The van der Waals surface area contributed by atoms with Crippen molar-refractivity contribution >= 4 is 23.0 Å². The second-order valence-corrected chi connectivity index (χ2v) is 10.2. The first-order chi connectivity index (χ1) is 19.4. The highest BCUT2D eigenvalue weighted by Crippen LogP contribution is 2.42. The minimum Gasteiger partial charge on any atom is -0.503 e. The number of aliphatic hydroxyl groups excluding tert-OH is 1. The number of aliphatic hydroxyl groups is 1. The third-order valence-electron chi connectivity index (χ3n) is 6.80. The molecular formula is C31H28N2O6S. The van der Waals surface area contributed by atoms with Crippen LogP contribution < -0.4 is 14.2 Å². The maximum absolute atomic E-state index is 14.1. The quantitative estimate of drug-likeness (QED) is 0.256. The highest BCUT2D eigenvalue weighted by atomic mass is 32.1. The Morgan fingerprint density at radius 2 is 1.65 bits per heavy atom. The van der Waals surface area contributed by atoms with E-state index >= 15 is 0 Å². The van der Waals surface area contributed by atoms with Crippen LogP contribution in [0.4, 0.5) is 0 Å². The molecule has 204 valence electrons. The fourth-order valence-electron chi connectivity index (χ4n) is 4.79. The molecule has 2 heterocycles. The predicted octanol–water partition coefficient (Wildman–Crippen LogP) is 5.92. The minimum absolute atomic E-state index is 0.0157. The van der Waals surface area contributed by atoms with Gasteiger partial charge in [-0.3, -0.25) is 9.59 Å². The lowest BCUT2D eigenvalue weighted by atomic mass is 9.94. The summed E-state index contributed by atoms with van der Waals surface area (Å²) in [5, 5.41) is 11.8. The van der Waals surface area contributed by atoms with Crippen molar-refractivity contribution in [1.29, 1.82) is 0 Å². The van der Waals surface area contributed by atoms with Crippen molar-refractivity contribution in [3.63, 3.8) is 0 Å². The average molecular weight is 557 g/mol. The zero-order chi connectivity index (χ0) is 28.4. The van der Waals surface area contributed by atoms with E-state index in [1.165, 1.54) is 23.3 Å². The predicted molar refractivity (Wildman–Crippen MR) is 152 cm³/mol. The summed E-state index contributed by atoms with van der Waals surface area (Å²) in [6.45, 7) is 1.88. The molecule has 0 saturated heterocycles. The highest BCUT2D eigenvalue weighted by Gasteiger charge is 2.44. The molecule has 1 unspecified atom stereocenters. The van der Waals surface area contributed by atoms with Crippen LogP contribution in [0.2, 0.25) is 0 Å². The number of ketones is 1. The fraction of sp³-hybridized carbons (Fsp3) is 0.194. The molecule has 5 rings (SSSR count). The van der Waals surface area contributed by atoms with Crippen molar-refractivity contribution in [2.75, 3.05) is 21.3 Å². The molecule has 1 aliphatic heterocycles. The maximum Gasteiger partial charge on any atom is 0.290 e. The van der Waals surface area contributed by atoms with Crippen LogP contribution in [-0.4, -0.2) is 48.0 Å². The lowest BCUT2D eigenvalue weighted by Crippen LogP contribution is -2.30. The van der Waals surface area contributed by atoms with Gasteiger partial charge in [-0.15, -0.1) is 11.3 Å². The number of benzene rings is 3. The number of nitrogens with zero attached hydrogens (tertiary/aromatic N) is 2. The number of thiazole rings is 1. The number of carbonyl (C=O) groups is 2. The zero-order valence-corrected chi connectivity index (χ0v) is 23.3. The topological polar surface area (TPSA) is 98.2 Å². The van der Waals surface area contributed by atoms with E-state index in [1.807, 2.05) is 36.4 Å². The first-order valence-corrected chi connectivity index (χ1v) is 13.3. The van der Waals surface area contributed by atoms with Crippen LogP contribution in [0.1, 0.15) is 32.5 Å². The van der Waals surface area contributed by atoms with Gasteiger partial charge in [0.15, 0.2) is 17.3 Å². The molecule has 0 fully saturated rings. The van der Waals surface area contributed by atoms with Crippen molar-refractivity contribution in [2.45, 2.75) is 19.5 Å². The molecule has 1 aliphatic rings.